The molecule has 1 N–H and O–H groups in total. The Hall–Kier alpha value is -2.19. The third kappa shape index (κ3) is 3.91. The number of para-hydroxylation sites is 1. The van der Waals surface area contributed by atoms with Crippen LogP contribution in [0.4, 0.5) is 0 Å². The Morgan fingerprint density at radius 2 is 2.12 bits per heavy atom. The van der Waals surface area contributed by atoms with Crippen molar-refractivity contribution in [3.63, 3.8) is 0 Å². The molecule has 2 aromatic rings. The molecular weight excluding hydrogens is 364 g/mol. The van der Waals surface area contributed by atoms with Crippen molar-refractivity contribution < 1.29 is 13.2 Å². The number of rotatable bonds is 4. The monoisotopic (exact) mass is 380 g/mol. The maximum Gasteiger partial charge on any atom is 0.244 e. The third-order valence-corrected chi connectivity index (χ3v) is 6.15. The lowest BCUT2D eigenvalue weighted by Crippen LogP contribution is -2.27. The van der Waals surface area contributed by atoms with Crippen LogP contribution in [0.15, 0.2) is 35.4 Å². The van der Waals surface area contributed by atoms with Crippen LogP contribution in [-0.2, 0) is 14.6 Å². The molecule has 3 rings (SSSR count). The van der Waals surface area contributed by atoms with Gasteiger partial charge >= 0.3 is 0 Å². The minimum Gasteiger partial charge on any atom is -0.273 e. The van der Waals surface area contributed by atoms with Crippen molar-refractivity contribution in [1.82, 2.24) is 15.2 Å². The molecule has 2 heterocycles. The average Bonchev–Trinajstić information content (AvgIpc) is 3.09. The summed E-state index contributed by atoms with van der Waals surface area (Å²) in [6.07, 6.45) is 1.75. The number of carbonyl (C=O) groups excluding carboxylic acids is 1. The van der Waals surface area contributed by atoms with E-state index in [0.717, 1.165) is 5.69 Å². The first-order valence-corrected chi connectivity index (χ1v) is 9.91. The van der Waals surface area contributed by atoms with Crippen molar-refractivity contribution in [2.24, 2.45) is 11.0 Å². The molecule has 1 saturated heterocycles. The zero-order valence-corrected chi connectivity index (χ0v) is 15.1. The Kier molecular flexibility index (Phi) is 4.91. The van der Waals surface area contributed by atoms with Crippen LogP contribution >= 0.6 is 11.6 Å². The van der Waals surface area contributed by atoms with E-state index in [1.54, 1.807) is 11.6 Å². The summed E-state index contributed by atoms with van der Waals surface area (Å²) in [7, 11) is -3.11. The topological polar surface area (TPSA) is 93.4 Å². The van der Waals surface area contributed by atoms with Gasteiger partial charge in [-0.05, 0) is 25.5 Å². The van der Waals surface area contributed by atoms with E-state index in [1.165, 1.54) is 6.21 Å². The van der Waals surface area contributed by atoms with Crippen LogP contribution in [0.5, 0.6) is 0 Å². The first-order valence-electron chi connectivity index (χ1n) is 7.71. The average molecular weight is 381 g/mol. The van der Waals surface area contributed by atoms with Crippen molar-refractivity contribution in [2.75, 3.05) is 11.5 Å². The summed E-state index contributed by atoms with van der Waals surface area (Å²) in [5.74, 6) is -1.03. The number of aryl methyl sites for hydroxylation is 1. The van der Waals surface area contributed by atoms with E-state index in [1.807, 2.05) is 30.3 Å². The molecule has 1 aliphatic rings. The predicted octanol–water partition coefficient (Wildman–Crippen LogP) is 1.72. The molecule has 9 heteroatoms. The second-order valence-electron chi connectivity index (χ2n) is 5.87. The van der Waals surface area contributed by atoms with E-state index in [0.29, 0.717) is 22.8 Å². The van der Waals surface area contributed by atoms with E-state index >= 15 is 0 Å². The molecule has 0 spiro atoms. The molecule has 1 aromatic heterocycles. The second-order valence-corrected chi connectivity index (χ2v) is 8.46. The molecule has 25 heavy (non-hydrogen) atoms. The fraction of sp³-hybridized carbons (Fsp3) is 0.312. The Labute approximate surface area is 150 Å². The van der Waals surface area contributed by atoms with Gasteiger partial charge in [-0.25, -0.2) is 18.5 Å². The largest absolute Gasteiger partial charge is 0.273 e. The molecule has 1 atom stereocenters. The highest BCUT2D eigenvalue weighted by Crippen LogP contribution is 2.22. The van der Waals surface area contributed by atoms with Crippen molar-refractivity contribution in [3.8, 4) is 5.69 Å². The first kappa shape index (κ1) is 17.6. The summed E-state index contributed by atoms with van der Waals surface area (Å²) in [6.45, 7) is 1.79. The van der Waals surface area contributed by atoms with Gasteiger partial charge in [0.15, 0.2) is 9.84 Å². The van der Waals surface area contributed by atoms with E-state index in [2.05, 4.69) is 15.6 Å². The van der Waals surface area contributed by atoms with Crippen LogP contribution in [0.1, 0.15) is 17.7 Å². The molecular formula is C16H17ClN4O3S. The fourth-order valence-electron chi connectivity index (χ4n) is 2.65. The zero-order valence-electron chi connectivity index (χ0n) is 13.5. The highest BCUT2D eigenvalue weighted by Gasteiger charge is 2.32. The van der Waals surface area contributed by atoms with Gasteiger partial charge in [0.25, 0.3) is 0 Å². The maximum atomic E-state index is 12.0. The van der Waals surface area contributed by atoms with Crippen molar-refractivity contribution in [3.05, 3.63) is 46.7 Å². The number of hydrazone groups is 1. The van der Waals surface area contributed by atoms with Gasteiger partial charge in [0.1, 0.15) is 5.15 Å². The van der Waals surface area contributed by atoms with Crippen molar-refractivity contribution in [1.29, 1.82) is 0 Å². The molecule has 1 amide bonds. The summed E-state index contributed by atoms with van der Waals surface area (Å²) in [5.41, 5.74) is 4.45. The van der Waals surface area contributed by atoms with Gasteiger partial charge in [-0.3, -0.25) is 4.79 Å². The molecule has 1 aliphatic heterocycles. The number of hydrogen-bond acceptors (Lipinski definition) is 5. The summed E-state index contributed by atoms with van der Waals surface area (Å²) in [5, 5.41) is 8.66. The molecule has 0 unspecified atom stereocenters. The minimum atomic E-state index is -3.11. The van der Waals surface area contributed by atoms with Crippen LogP contribution in [0.25, 0.3) is 5.69 Å². The quantitative estimate of drug-likeness (QED) is 0.645. The number of hydrogen-bond donors (Lipinski definition) is 1. The van der Waals surface area contributed by atoms with Gasteiger partial charge in [0.05, 0.1) is 40.6 Å². The smallest absolute Gasteiger partial charge is 0.244 e. The lowest BCUT2D eigenvalue weighted by atomic mass is 10.1. The molecule has 1 fully saturated rings. The Bertz CT molecular complexity index is 922. The summed E-state index contributed by atoms with van der Waals surface area (Å²) in [6, 6.07) is 9.41. The number of halogens is 1. The maximum absolute atomic E-state index is 12.0. The van der Waals surface area contributed by atoms with Gasteiger partial charge in [-0.1, -0.05) is 29.8 Å². The van der Waals surface area contributed by atoms with E-state index in [4.69, 9.17) is 11.6 Å². The Morgan fingerprint density at radius 3 is 2.76 bits per heavy atom. The molecule has 7 nitrogen and oxygen atoms in total. The number of nitrogens with zero attached hydrogens (tertiary/aromatic N) is 3. The summed E-state index contributed by atoms with van der Waals surface area (Å²) >= 11 is 6.36. The molecule has 0 saturated carbocycles. The van der Waals surface area contributed by atoms with Crippen LogP contribution in [-0.4, -0.2) is 41.8 Å². The fourth-order valence-corrected chi connectivity index (χ4v) is 4.71. The van der Waals surface area contributed by atoms with E-state index < -0.39 is 21.7 Å². The van der Waals surface area contributed by atoms with Gasteiger partial charge in [-0.2, -0.15) is 10.2 Å². The third-order valence-electron chi connectivity index (χ3n) is 4.02. The molecule has 132 valence electrons. The van der Waals surface area contributed by atoms with Crippen LogP contribution in [0.2, 0.25) is 5.15 Å². The number of aromatic nitrogens is 2. The number of carbonyl (C=O) groups is 1. The van der Waals surface area contributed by atoms with Crippen LogP contribution in [0.3, 0.4) is 0 Å². The van der Waals surface area contributed by atoms with Gasteiger partial charge < -0.3 is 0 Å². The Morgan fingerprint density at radius 1 is 1.40 bits per heavy atom. The standard InChI is InChI=1S/C16H17ClN4O3S/c1-11-14(15(17)21(20-11)13-5-3-2-4-6-13)9-18-19-16(22)12-7-8-25(23,24)10-12/h2-6,9,12H,7-8,10H2,1H3,(H,19,22)/b18-9-/t12-/m1/s1. The molecule has 0 radical (unpaired) electrons. The SMILES string of the molecule is Cc1nn(-c2ccccc2)c(Cl)c1/C=N\NC(=O)[C@@H]1CCS(=O)(=O)C1. The normalized spacial score (nSPS) is 19.4. The minimum absolute atomic E-state index is 0.0452. The number of sulfone groups is 1. The van der Waals surface area contributed by atoms with Gasteiger partial charge in [0.2, 0.25) is 5.91 Å². The summed E-state index contributed by atoms with van der Waals surface area (Å²) < 4.78 is 24.4. The zero-order chi connectivity index (χ0) is 18.0. The van der Waals surface area contributed by atoms with Gasteiger partial charge in [-0.15, -0.1) is 0 Å². The van der Waals surface area contributed by atoms with Crippen molar-refractivity contribution in [2.45, 2.75) is 13.3 Å². The highest BCUT2D eigenvalue weighted by atomic mass is 35.5. The van der Waals surface area contributed by atoms with E-state index in [9.17, 15) is 13.2 Å². The lowest BCUT2D eigenvalue weighted by Gasteiger charge is -2.04. The number of benzene rings is 1. The lowest BCUT2D eigenvalue weighted by molar-refractivity contribution is -0.124. The van der Waals surface area contributed by atoms with Crippen molar-refractivity contribution >= 4 is 33.6 Å². The summed E-state index contributed by atoms with van der Waals surface area (Å²) in [4.78, 5) is 12.0. The molecule has 1 aromatic carbocycles. The predicted molar refractivity (Wildman–Crippen MR) is 95.8 cm³/mol. The Balaban J connectivity index is 1.72. The van der Waals surface area contributed by atoms with Crippen LogP contribution in [0, 0.1) is 12.8 Å². The highest BCUT2D eigenvalue weighted by molar-refractivity contribution is 7.91. The van der Waals surface area contributed by atoms with Gasteiger partial charge in [0, 0.05) is 0 Å². The van der Waals surface area contributed by atoms with E-state index in [-0.39, 0.29) is 11.5 Å². The number of amides is 1. The first-order chi connectivity index (χ1) is 11.9. The molecule has 0 aliphatic carbocycles. The second kappa shape index (κ2) is 6.97. The number of nitrogens with one attached hydrogen (secondary N) is 1. The van der Waals surface area contributed by atoms with Crippen LogP contribution < -0.4 is 5.43 Å². The molecule has 0 bridgehead atoms.